The number of nitrogens with one attached hydrogen (secondary N) is 1. The van der Waals surface area contributed by atoms with Gasteiger partial charge in [-0.05, 0) is 49.8 Å². The molecule has 2 aromatic rings. The van der Waals surface area contributed by atoms with Gasteiger partial charge >= 0.3 is 11.6 Å². The van der Waals surface area contributed by atoms with Gasteiger partial charge in [0.2, 0.25) is 0 Å². The molecule has 6 heteroatoms. The Labute approximate surface area is 151 Å². The summed E-state index contributed by atoms with van der Waals surface area (Å²) < 4.78 is 5.54. The molecule has 0 bridgehead atoms. The summed E-state index contributed by atoms with van der Waals surface area (Å²) in [5.74, 6) is -0.916. The number of rotatable bonds is 7. The van der Waals surface area contributed by atoms with E-state index in [4.69, 9.17) is 4.42 Å². The van der Waals surface area contributed by atoms with Crippen LogP contribution in [-0.4, -0.2) is 22.2 Å². The normalized spacial score (nSPS) is 15.0. The van der Waals surface area contributed by atoms with Crippen LogP contribution in [0.4, 0.5) is 0 Å². The number of carboxylic acid groups (broad SMARTS) is 1. The van der Waals surface area contributed by atoms with Gasteiger partial charge in [0.25, 0.3) is 0 Å². The summed E-state index contributed by atoms with van der Waals surface area (Å²) in [6.45, 7) is 2.14. The Morgan fingerprint density at radius 2 is 2.00 bits per heavy atom. The molecule has 3 rings (SSSR count). The van der Waals surface area contributed by atoms with Gasteiger partial charge in [-0.1, -0.05) is 19.8 Å². The molecule has 0 amide bonds. The molecular weight excluding hydrogens is 334 g/mol. The molecule has 26 heavy (non-hydrogen) atoms. The number of aryl methyl sites for hydroxylation is 1. The number of phenolic OH excluding ortho intramolecular Hbond substituents is 1. The molecule has 1 heterocycles. The molecule has 0 unspecified atom stereocenters. The first kappa shape index (κ1) is 18.5. The number of aromatic hydroxyl groups is 1. The van der Waals surface area contributed by atoms with E-state index in [0.717, 1.165) is 55.0 Å². The lowest BCUT2D eigenvalue weighted by Gasteiger charge is -2.19. The van der Waals surface area contributed by atoms with E-state index < -0.39 is 12.0 Å². The monoisotopic (exact) mass is 359 g/mol. The van der Waals surface area contributed by atoms with Crippen molar-refractivity contribution in [1.82, 2.24) is 5.32 Å². The molecule has 0 fully saturated rings. The summed E-state index contributed by atoms with van der Waals surface area (Å²) in [7, 11) is 0. The van der Waals surface area contributed by atoms with E-state index in [0.29, 0.717) is 17.6 Å². The Balaban J connectivity index is 1.97. The Bertz CT molecular complexity index is 871. The first-order valence-corrected chi connectivity index (χ1v) is 9.28. The molecule has 0 saturated heterocycles. The molecule has 6 nitrogen and oxygen atoms in total. The second kappa shape index (κ2) is 7.91. The van der Waals surface area contributed by atoms with Crippen molar-refractivity contribution >= 4 is 16.9 Å². The van der Waals surface area contributed by atoms with E-state index >= 15 is 0 Å². The van der Waals surface area contributed by atoms with Crippen LogP contribution in [0.15, 0.2) is 21.3 Å². The van der Waals surface area contributed by atoms with Crippen molar-refractivity contribution < 1.29 is 19.4 Å². The summed E-state index contributed by atoms with van der Waals surface area (Å²) in [4.78, 5) is 23.8. The number of benzene rings is 1. The zero-order valence-electron chi connectivity index (χ0n) is 15.0. The van der Waals surface area contributed by atoms with E-state index in [9.17, 15) is 19.8 Å². The van der Waals surface area contributed by atoms with Crippen molar-refractivity contribution in [3.8, 4) is 5.75 Å². The second-order valence-corrected chi connectivity index (χ2v) is 6.91. The van der Waals surface area contributed by atoms with Crippen LogP contribution < -0.4 is 10.9 Å². The van der Waals surface area contributed by atoms with Crippen LogP contribution in [0.25, 0.3) is 11.0 Å². The van der Waals surface area contributed by atoms with Crippen molar-refractivity contribution in [3.05, 3.63) is 39.2 Å². The Kier molecular flexibility index (Phi) is 5.61. The zero-order chi connectivity index (χ0) is 18.7. The Morgan fingerprint density at radius 3 is 2.69 bits per heavy atom. The van der Waals surface area contributed by atoms with E-state index in [2.05, 4.69) is 5.32 Å². The van der Waals surface area contributed by atoms with Crippen LogP contribution in [0.1, 0.15) is 55.7 Å². The van der Waals surface area contributed by atoms with Gasteiger partial charge in [0.15, 0.2) is 0 Å². The number of fused-ring (bicyclic) bond motifs is 3. The van der Waals surface area contributed by atoms with Gasteiger partial charge < -0.3 is 19.9 Å². The molecule has 1 aromatic heterocycles. The summed E-state index contributed by atoms with van der Waals surface area (Å²) in [6, 6.07) is 2.68. The number of phenols is 1. The SMILES string of the molecule is CCCC[C@H](NCc1c(O)ccc2c3c(c(=O)oc12)CCCC3)C(=O)O. The van der Waals surface area contributed by atoms with Crippen LogP contribution in [-0.2, 0) is 24.2 Å². The smallest absolute Gasteiger partial charge is 0.339 e. The van der Waals surface area contributed by atoms with Crippen LogP contribution in [0.5, 0.6) is 5.75 Å². The number of hydrogen-bond donors (Lipinski definition) is 3. The van der Waals surface area contributed by atoms with Gasteiger partial charge in [-0.15, -0.1) is 0 Å². The standard InChI is InChI=1S/C20H25NO5/c1-2-3-8-16(19(23)24)21-11-15-17(22)10-9-13-12-6-4-5-7-14(12)20(25)26-18(13)15/h9-10,16,21-22H,2-8,11H2,1H3,(H,23,24)/t16-/m0/s1. The average molecular weight is 359 g/mol. The highest BCUT2D eigenvalue weighted by molar-refractivity contribution is 5.86. The van der Waals surface area contributed by atoms with Crippen LogP contribution in [0, 0.1) is 0 Å². The predicted octanol–water partition coefficient (Wildman–Crippen LogP) is 3.11. The third-order valence-electron chi connectivity index (χ3n) is 5.14. The maximum absolute atomic E-state index is 12.4. The van der Waals surface area contributed by atoms with E-state index in [1.54, 1.807) is 12.1 Å². The summed E-state index contributed by atoms with van der Waals surface area (Å²) in [5.41, 5.74) is 2.20. The molecule has 1 aromatic carbocycles. The van der Waals surface area contributed by atoms with Gasteiger partial charge in [0.1, 0.15) is 17.4 Å². The maximum Gasteiger partial charge on any atom is 0.339 e. The Hall–Kier alpha value is -2.34. The topological polar surface area (TPSA) is 99.8 Å². The summed E-state index contributed by atoms with van der Waals surface area (Å²) in [5, 5.41) is 23.5. The molecule has 140 valence electrons. The van der Waals surface area contributed by atoms with Gasteiger partial charge in [0.05, 0.1) is 5.56 Å². The van der Waals surface area contributed by atoms with Crippen molar-refractivity contribution in [2.75, 3.05) is 0 Å². The number of hydrogen-bond acceptors (Lipinski definition) is 5. The molecule has 1 aliphatic carbocycles. The quantitative estimate of drug-likeness (QED) is 0.657. The molecule has 0 spiro atoms. The van der Waals surface area contributed by atoms with Crippen LogP contribution in [0.3, 0.4) is 0 Å². The maximum atomic E-state index is 12.4. The van der Waals surface area contributed by atoms with Crippen molar-refractivity contribution in [1.29, 1.82) is 0 Å². The minimum Gasteiger partial charge on any atom is -0.507 e. The van der Waals surface area contributed by atoms with E-state index in [1.807, 2.05) is 6.92 Å². The fourth-order valence-electron chi connectivity index (χ4n) is 3.67. The van der Waals surface area contributed by atoms with Crippen LogP contribution in [0.2, 0.25) is 0 Å². The van der Waals surface area contributed by atoms with Gasteiger partial charge in [-0.2, -0.15) is 0 Å². The predicted molar refractivity (Wildman–Crippen MR) is 98.6 cm³/mol. The molecule has 0 aliphatic heterocycles. The molecule has 0 saturated carbocycles. The first-order valence-electron chi connectivity index (χ1n) is 9.28. The lowest BCUT2D eigenvalue weighted by atomic mass is 9.90. The number of carbonyl (C=O) groups is 1. The minimum absolute atomic E-state index is 0.00328. The highest BCUT2D eigenvalue weighted by atomic mass is 16.4. The van der Waals surface area contributed by atoms with Gasteiger partial charge in [-0.3, -0.25) is 4.79 Å². The minimum atomic E-state index is -0.919. The number of unbranched alkanes of at least 4 members (excludes halogenated alkanes) is 1. The third-order valence-corrected chi connectivity index (χ3v) is 5.14. The van der Waals surface area contributed by atoms with Gasteiger partial charge in [-0.25, -0.2) is 4.79 Å². The largest absolute Gasteiger partial charge is 0.507 e. The van der Waals surface area contributed by atoms with Crippen LogP contribution >= 0.6 is 0 Å². The molecule has 0 radical (unpaired) electrons. The third kappa shape index (κ3) is 3.60. The average Bonchev–Trinajstić information content (AvgIpc) is 2.63. The van der Waals surface area contributed by atoms with Crippen molar-refractivity contribution in [2.45, 2.75) is 64.5 Å². The number of carboxylic acids is 1. The number of aliphatic carboxylic acids is 1. The molecule has 1 aliphatic rings. The molecule has 3 N–H and O–H groups in total. The fourth-order valence-corrected chi connectivity index (χ4v) is 3.67. The highest BCUT2D eigenvalue weighted by Gasteiger charge is 2.22. The zero-order valence-corrected chi connectivity index (χ0v) is 15.0. The molecular formula is C20H25NO5. The highest BCUT2D eigenvalue weighted by Crippen LogP contribution is 2.32. The lowest BCUT2D eigenvalue weighted by molar-refractivity contribution is -0.139. The second-order valence-electron chi connectivity index (χ2n) is 6.91. The Morgan fingerprint density at radius 1 is 1.27 bits per heavy atom. The molecule has 1 atom stereocenters. The van der Waals surface area contributed by atoms with Crippen molar-refractivity contribution in [2.24, 2.45) is 0 Å². The van der Waals surface area contributed by atoms with Crippen molar-refractivity contribution in [3.63, 3.8) is 0 Å². The van der Waals surface area contributed by atoms with E-state index in [1.165, 1.54) is 0 Å². The van der Waals surface area contributed by atoms with Gasteiger partial charge in [0, 0.05) is 17.5 Å². The lowest BCUT2D eigenvalue weighted by Crippen LogP contribution is -2.36. The van der Waals surface area contributed by atoms with E-state index in [-0.39, 0.29) is 17.9 Å². The summed E-state index contributed by atoms with van der Waals surface area (Å²) >= 11 is 0. The summed E-state index contributed by atoms with van der Waals surface area (Å²) in [6.07, 6.45) is 5.77. The first-order chi connectivity index (χ1) is 12.5. The fraction of sp³-hybridized carbons (Fsp3) is 0.500.